The van der Waals surface area contributed by atoms with Gasteiger partial charge in [0.2, 0.25) is 0 Å². The van der Waals surface area contributed by atoms with Crippen LogP contribution in [0.3, 0.4) is 0 Å². The Morgan fingerprint density at radius 3 is 2.45 bits per heavy atom. The van der Waals surface area contributed by atoms with Gasteiger partial charge in [-0.3, -0.25) is 9.59 Å². The lowest BCUT2D eigenvalue weighted by atomic mass is 10.1. The lowest BCUT2D eigenvalue weighted by Gasteiger charge is -2.06. The topological polar surface area (TPSA) is 83.2 Å². The lowest BCUT2D eigenvalue weighted by molar-refractivity contribution is 0.0948. The molecule has 0 bridgehead atoms. The van der Waals surface area contributed by atoms with Crippen molar-refractivity contribution in [3.8, 4) is 0 Å². The first-order chi connectivity index (χ1) is 9.49. The summed E-state index contributed by atoms with van der Waals surface area (Å²) in [5.41, 5.74) is 2.51. The number of amides is 1. The van der Waals surface area contributed by atoms with Crippen LogP contribution in [0.2, 0.25) is 0 Å². The molecule has 112 valence electrons. The molecule has 0 aliphatic heterocycles. The molecule has 1 amide bonds. The Morgan fingerprint density at radius 1 is 1.20 bits per heavy atom. The second-order valence-corrected chi connectivity index (χ2v) is 4.68. The van der Waals surface area contributed by atoms with Crippen molar-refractivity contribution in [2.24, 2.45) is 0 Å². The summed E-state index contributed by atoms with van der Waals surface area (Å²) in [6, 6.07) is 0. The fourth-order valence-electron chi connectivity index (χ4n) is 2.16. The molecule has 0 aliphatic rings. The zero-order valence-corrected chi connectivity index (χ0v) is 12.6. The molecule has 0 unspecified atom stereocenters. The Hall–Kier alpha value is -1.66. The first kappa shape index (κ1) is 16.4. The van der Waals surface area contributed by atoms with Crippen LogP contribution < -0.4 is 10.6 Å². The minimum atomic E-state index is -0.188. The Bertz CT molecular complexity index is 480. The number of hydrogen-bond donors (Lipinski definition) is 3. The quantitative estimate of drug-likeness (QED) is 0.486. The van der Waals surface area contributed by atoms with E-state index in [1.807, 2.05) is 0 Å². The van der Waals surface area contributed by atoms with Crippen molar-refractivity contribution >= 4 is 11.7 Å². The molecule has 1 aromatic heterocycles. The summed E-state index contributed by atoms with van der Waals surface area (Å²) in [6.07, 6.45) is 0. The monoisotopic (exact) mass is 281 g/mol. The van der Waals surface area contributed by atoms with Crippen LogP contribution in [-0.2, 0) is 4.74 Å². The average molecular weight is 281 g/mol. The maximum absolute atomic E-state index is 12.0. The Balaban J connectivity index is 2.52. The molecule has 0 aromatic carbocycles. The van der Waals surface area contributed by atoms with E-state index < -0.39 is 0 Å². The van der Waals surface area contributed by atoms with Crippen LogP contribution in [0.1, 0.15) is 39.0 Å². The van der Waals surface area contributed by atoms with E-state index in [0.29, 0.717) is 36.5 Å². The van der Waals surface area contributed by atoms with Crippen molar-refractivity contribution in [1.29, 1.82) is 0 Å². The van der Waals surface area contributed by atoms with E-state index in [9.17, 15) is 9.59 Å². The molecule has 0 fully saturated rings. The Morgan fingerprint density at radius 2 is 1.90 bits per heavy atom. The van der Waals surface area contributed by atoms with E-state index in [2.05, 4.69) is 15.6 Å². The molecule has 6 nitrogen and oxygen atoms in total. The van der Waals surface area contributed by atoms with Crippen LogP contribution in [0.5, 0.6) is 0 Å². The van der Waals surface area contributed by atoms with Crippen LogP contribution in [0.25, 0.3) is 0 Å². The number of H-pyrrole nitrogens is 1. The number of Topliss-reactive ketones (excluding diaryl/α,β-unsaturated/α-hetero) is 1. The van der Waals surface area contributed by atoms with Crippen LogP contribution in [0, 0.1) is 13.8 Å². The van der Waals surface area contributed by atoms with Gasteiger partial charge in [0.1, 0.15) is 5.69 Å². The molecular weight excluding hydrogens is 258 g/mol. The van der Waals surface area contributed by atoms with Gasteiger partial charge < -0.3 is 20.4 Å². The van der Waals surface area contributed by atoms with Crippen LogP contribution >= 0.6 is 0 Å². The summed E-state index contributed by atoms with van der Waals surface area (Å²) in [5, 5.41) is 5.95. The van der Waals surface area contributed by atoms with Gasteiger partial charge >= 0.3 is 0 Å². The molecule has 1 rings (SSSR count). The standard InChI is InChI=1S/C14H23N3O3/c1-9-12(11(3)18)10(2)17-13(9)14(19)16-6-5-15-7-8-20-4/h15,17H,5-8H2,1-4H3,(H,16,19). The number of aromatic amines is 1. The normalized spacial score (nSPS) is 10.6. The summed E-state index contributed by atoms with van der Waals surface area (Å²) < 4.78 is 4.91. The van der Waals surface area contributed by atoms with Gasteiger partial charge in [0.05, 0.1) is 6.61 Å². The first-order valence-corrected chi connectivity index (χ1v) is 6.67. The second kappa shape index (κ2) is 7.81. The van der Waals surface area contributed by atoms with E-state index in [1.54, 1.807) is 21.0 Å². The summed E-state index contributed by atoms with van der Waals surface area (Å²) >= 11 is 0. The summed E-state index contributed by atoms with van der Waals surface area (Å²) in [6.45, 7) is 7.68. The molecule has 1 heterocycles. The highest BCUT2D eigenvalue weighted by Gasteiger charge is 2.19. The smallest absolute Gasteiger partial charge is 0.268 e. The highest BCUT2D eigenvalue weighted by atomic mass is 16.5. The van der Waals surface area contributed by atoms with E-state index in [0.717, 1.165) is 12.2 Å². The molecule has 0 spiro atoms. The maximum Gasteiger partial charge on any atom is 0.268 e. The number of ketones is 1. The molecular formula is C14H23N3O3. The van der Waals surface area contributed by atoms with E-state index >= 15 is 0 Å². The molecule has 1 aromatic rings. The number of nitrogens with one attached hydrogen (secondary N) is 3. The van der Waals surface area contributed by atoms with Gasteiger partial charge in [-0.1, -0.05) is 0 Å². The highest BCUT2D eigenvalue weighted by Crippen LogP contribution is 2.18. The van der Waals surface area contributed by atoms with Crippen molar-refractivity contribution in [3.05, 3.63) is 22.5 Å². The maximum atomic E-state index is 12.0. The van der Waals surface area contributed by atoms with E-state index in [4.69, 9.17) is 4.74 Å². The number of methoxy groups -OCH3 is 1. The number of aryl methyl sites for hydroxylation is 1. The number of rotatable bonds is 8. The number of aromatic nitrogens is 1. The molecule has 0 atom stereocenters. The van der Waals surface area contributed by atoms with Gasteiger partial charge in [-0.25, -0.2) is 0 Å². The van der Waals surface area contributed by atoms with Gasteiger partial charge in [-0.2, -0.15) is 0 Å². The summed E-state index contributed by atoms with van der Waals surface area (Å²) in [5.74, 6) is -0.219. The molecule has 0 saturated heterocycles. The third kappa shape index (κ3) is 4.18. The van der Waals surface area contributed by atoms with Crippen LogP contribution in [0.15, 0.2) is 0 Å². The van der Waals surface area contributed by atoms with Crippen molar-refractivity contribution in [3.63, 3.8) is 0 Å². The number of carbonyl (C=O) groups excluding carboxylic acids is 2. The van der Waals surface area contributed by atoms with Crippen LogP contribution in [-0.4, -0.2) is 50.0 Å². The third-order valence-corrected chi connectivity index (χ3v) is 3.09. The van der Waals surface area contributed by atoms with Crippen molar-refractivity contribution in [2.45, 2.75) is 20.8 Å². The number of ether oxygens (including phenoxy) is 1. The zero-order valence-electron chi connectivity index (χ0n) is 12.6. The number of hydrogen-bond acceptors (Lipinski definition) is 4. The van der Waals surface area contributed by atoms with Gasteiger partial charge in [-0.15, -0.1) is 0 Å². The average Bonchev–Trinajstić information content (AvgIpc) is 2.68. The lowest BCUT2D eigenvalue weighted by Crippen LogP contribution is -2.33. The largest absolute Gasteiger partial charge is 0.383 e. The molecule has 3 N–H and O–H groups in total. The first-order valence-electron chi connectivity index (χ1n) is 6.67. The van der Waals surface area contributed by atoms with E-state index in [-0.39, 0.29) is 11.7 Å². The van der Waals surface area contributed by atoms with Gasteiger partial charge in [0.15, 0.2) is 5.78 Å². The second-order valence-electron chi connectivity index (χ2n) is 4.68. The fraction of sp³-hybridized carbons (Fsp3) is 0.571. The minimum absolute atomic E-state index is 0.0310. The third-order valence-electron chi connectivity index (χ3n) is 3.09. The van der Waals surface area contributed by atoms with Crippen molar-refractivity contribution < 1.29 is 14.3 Å². The molecule has 6 heteroatoms. The van der Waals surface area contributed by atoms with Gasteiger partial charge in [0.25, 0.3) is 5.91 Å². The SMILES string of the molecule is COCCNCCNC(=O)c1[nH]c(C)c(C(C)=O)c1C. The highest BCUT2D eigenvalue weighted by molar-refractivity contribution is 6.02. The predicted molar refractivity (Wildman–Crippen MR) is 77.4 cm³/mol. The number of carbonyl (C=O) groups is 2. The fourth-order valence-corrected chi connectivity index (χ4v) is 2.16. The summed E-state index contributed by atoms with van der Waals surface area (Å²) in [7, 11) is 1.65. The van der Waals surface area contributed by atoms with Gasteiger partial charge in [0, 0.05) is 38.0 Å². The predicted octanol–water partition coefficient (Wildman–Crippen LogP) is 0.800. The molecule has 0 saturated carbocycles. The van der Waals surface area contributed by atoms with E-state index in [1.165, 1.54) is 6.92 Å². The summed E-state index contributed by atoms with van der Waals surface area (Å²) in [4.78, 5) is 26.5. The van der Waals surface area contributed by atoms with Crippen LogP contribution in [0.4, 0.5) is 0 Å². The molecule has 20 heavy (non-hydrogen) atoms. The Labute approximate surface area is 119 Å². The van der Waals surface area contributed by atoms with Crippen molar-refractivity contribution in [2.75, 3.05) is 33.4 Å². The van der Waals surface area contributed by atoms with Gasteiger partial charge in [-0.05, 0) is 26.3 Å². The Kier molecular flexibility index (Phi) is 6.41. The zero-order chi connectivity index (χ0) is 15.1. The molecule has 0 radical (unpaired) electrons. The van der Waals surface area contributed by atoms with Crippen molar-refractivity contribution in [1.82, 2.24) is 15.6 Å². The molecule has 0 aliphatic carbocycles. The minimum Gasteiger partial charge on any atom is -0.383 e.